The standard InChI is InChI=1S/C36H30F2N6O5/c1-36(2)34(46)44(18-23-12-11-22(38)17-39-23)25-14-8-20(16-27(25)49-36)28-29(32-41-42-35(47)48-32)24(13-7-19-5-9-21(37)10-6-19)40-31-26-4-3-15-43(26)33(45)30(28)31/h5-6,8-12,14,16-17,26H,3-4,7,13,15,18H2,1-2H3,(H,42,47). The summed E-state index contributed by atoms with van der Waals surface area (Å²) < 4.78 is 39.1. The van der Waals surface area contributed by atoms with Crippen LogP contribution in [0.15, 0.2) is 70.0 Å². The van der Waals surface area contributed by atoms with Gasteiger partial charge < -0.3 is 14.1 Å². The maximum Gasteiger partial charge on any atom is 0.434 e. The minimum atomic E-state index is -1.26. The van der Waals surface area contributed by atoms with E-state index in [-0.39, 0.29) is 36.1 Å². The minimum absolute atomic E-state index is 0.0255. The quantitative estimate of drug-likeness (QED) is 0.240. The summed E-state index contributed by atoms with van der Waals surface area (Å²) in [6.07, 6.45) is 3.58. The Kier molecular flexibility index (Phi) is 7.16. The van der Waals surface area contributed by atoms with Crippen LogP contribution in [-0.2, 0) is 24.2 Å². The van der Waals surface area contributed by atoms with Gasteiger partial charge in [0, 0.05) is 12.1 Å². The van der Waals surface area contributed by atoms with Gasteiger partial charge in [-0.1, -0.05) is 18.2 Å². The fourth-order valence-electron chi connectivity index (χ4n) is 7.05. The van der Waals surface area contributed by atoms with Gasteiger partial charge in [-0.15, -0.1) is 5.10 Å². The van der Waals surface area contributed by atoms with Gasteiger partial charge in [-0.3, -0.25) is 24.5 Å². The molecule has 0 saturated carbocycles. The van der Waals surface area contributed by atoms with Crippen molar-refractivity contribution in [3.63, 3.8) is 0 Å². The number of nitrogens with zero attached hydrogens (tertiary/aromatic N) is 5. The highest BCUT2D eigenvalue weighted by Gasteiger charge is 2.45. The maximum atomic E-state index is 14.1. The normalized spacial score (nSPS) is 17.6. The van der Waals surface area contributed by atoms with Crippen LogP contribution >= 0.6 is 0 Å². The number of ether oxygens (including phenoxy) is 1. The van der Waals surface area contributed by atoms with E-state index >= 15 is 0 Å². The Morgan fingerprint density at radius 1 is 0.959 bits per heavy atom. The molecule has 3 aromatic heterocycles. The van der Waals surface area contributed by atoms with Crippen LogP contribution in [0.2, 0.25) is 0 Å². The summed E-state index contributed by atoms with van der Waals surface area (Å²) in [6, 6.07) is 14.1. The number of pyridine rings is 2. The van der Waals surface area contributed by atoms with Crippen molar-refractivity contribution in [1.29, 1.82) is 0 Å². The molecule has 49 heavy (non-hydrogen) atoms. The van der Waals surface area contributed by atoms with E-state index < -0.39 is 17.2 Å². The Hall–Kier alpha value is -5.72. The molecule has 2 amide bonds. The molecule has 13 heteroatoms. The van der Waals surface area contributed by atoms with E-state index in [1.54, 1.807) is 49.1 Å². The van der Waals surface area contributed by atoms with Crippen LogP contribution in [0.3, 0.4) is 0 Å². The number of hydrogen-bond donors (Lipinski definition) is 1. The highest BCUT2D eigenvalue weighted by molar-refractivity contribution is 6.09. The number of aryl methyl sites for hydroxylation is 2. The second-order valence-corrected chi connectivity index (χ2v) is 12.9. The molecular formula is C36H30F2N6O5. The van der Waals surface area contributed by atoms with Crippen molar-refractivity contribution in [1.82, 2.24) is 25.1 Å². The molecule has 1 atom stereocenters. The molecule has 248 valence electrons. The van der Waals surface area contributed by atoms with Gasteiger partial charge in [0.1, 0.15) is 17.4 Å². The van der Waals surface area contributed by atoms with Crippen LogP contribution in [0, 0.1) is 11.6 Å². The van der Waals surface area contributed by atoms with Crippen molar-refractivity contribution in [2.24, 2.45) is 0 Å². The lowest BCUT2D eigenvalue weighted by atomic mass is 9.89. The lowest BCUT2D eigenvalue weighted by molar-refractivity contribution is -0.132. The minimum Gasteiger partial charge on any atom is -0.476 e. The molecule has 1 saturated heterocycles. The fraction of sp³-hybridized carbons (Fsp3) is 0.278. The van der Waals surface area contributed by atoms with Gasteiger partial charge >= 0.3 is 5.76 Å². The van der Waals surface area contributed by atoms with Crippen molar-refractivity contribution in [3.8, 4) is 28.3 Å². The van der Waals surface area contributed by atoms with Gasteiger partial charge in [-0.2, -0.15) is 0 Å². The SMILES string of the molecule is CC1(C)Oc2cc(-c3c4c(nc(CCc5ccc(F)cc5)c3-c3n[nH]c(=O)o3)C3CCCN3C4=O)ccc2N(Cc2ccc(F)cn2)C1=O. The lowest BCUT2D eigenvalue weighted by Crippen LogP contribution is -2.52. The molecule has 0 spiro atoms. The first-order chi connectivity index (χ1) is 23.6. The number of aromatic nitrogens is 4. The molecule has 1 fully saturated rings. The zero-order valence-corrected chi connectivity index (χ0v) is 26.6. The highest BCUT2D eigenvalue weighted by atomic mass is 19.1. The second-order valence-electron chi connectivity index (χ2n) is 12.9. The van der Waals surface area contributed by atoms with Gasteiger partial charge in [-0.25, -0.2) is 18.7 Å². The number of carbonyl (C=O) groups is 2. The van der Waals surface area contributed by atoms with Gasteiger partial charge in [-0.05, 0) is 87.1 Å². The topological polar surface area (TPSA) is 135 Å². The number of benzene rings is 2. The number of hydrogen-bond acceptors (Lipinski definition) is 8. The summed E-state index contributed by atoms with van der Waals surface area (Å²) in [6.45, 7) is 3.99. The first-order valence-corrected chi connectivity index (χ1v) is 16.0. The molecule has 6 heterocycles. The number of carbonyl (C=O) groups excluding carboxylic acids is 2. The number of halogens is 2. The number of nitrogens with one attached hydrogen (secondary N) is 1. The van der Waals surface area contributed by atoms with Crippen LogP contribution in [0.5, 0.6) is 5.75 Å². The van der Waals surface area contributed by atoms with E-state index in [2.05, 4.69) is 15.2 Å². The van der Waals surface area contributed by atoms with Crippen molar-refractivity contribution < 1.29 is 27.5 Å². The molecule has 0 bridgehead atoms. The van der Waals surface area contributed by atoms with Gasteiger partial charge in [0.2, 0.25) is 0 Å². The number of amides is 2. The van der Waals surface area contributed by atoms with Crippen molar-refractivity contribution in [3.05, 3.63) is 111 Å². The lowest BCUT2D eigenvalue weighted by Gasteiger charge is -2.39. The van der Waals surface area contributed by atoms with E-state index in [0.29, 0.717) is 70.2 Å². The van der Waals surface area contributed by atoms with Crippen LogP contribution in [-0.4, -0.2) is 49.0 Å². The fourth-order valence-corrected chi connectivity index (χ4v) is 7.05. The second kappa shape index (κ2) is 11.5. The third-order valence-electron chi connectivity index (χ3n) is 9.33. The Balaban J connectivity index is 1.31. The van der Waals surface area contributed by atoms with E-state index in [9.17, 15) is 23.2 Å². The number of fused-ring (bicyclic) bond motifs is 4. The predicted molar refractivity (Wildman–Crippen MR) is 173 cm³/mol. The first-order valence-electron chi connectivity index (χ1n) is 16.0. The number of H-pyrrole nitrogens is 1. The van der Waals surface area contributed by atoms with Crippen LogP contribution in [0.1, 0.15) is 65.7 Å². The molecule has 0 radical (unpaired) electrons. The van der Waals surface area contributed by atoms with Gasteiger partial charge in [0.05, 0.1) is 52.7 Å². The molecule has 5 aromatic rings. The van der Waals surface area contributed by atoms with E-state index in [0.717, 1.165) is 24.6 Å². The Labute approximate surface area is 278 Å². The van der Waals surface area contributed by atoms with Crippen molar-refractivity contribution in [2.75, 3.05) is 11.4 Å². The largest absolute Gasteiger partial charge is 0.476 e. The monoisotopic (exact) mass is 664 g/mol. The number of anilines is 1. The maximum absolute atomic E-state index is 14.1. The molecule has 2 aromatic carbocycles. The Morgan fingerprint density at radius 2 is 1.76 bits per heavy atom. The van der Waals surface area contributed by atoms with Gasteiger partial charge in [0.15, 0.2) is 5.60 Å². The van der Waals surface area contributed by atoms with Crippen LogP contribution in [0.4, 0.5) is 14.5 Å². The van der Waals surface area contributed by atoms with Crippen LogP contribution in [0.25, 0.3) is 22.6 Å². The molecule has 1 unspecified atom stereocenters. The smallest absolute Gasteiger partial charge is 0.434 e. The van der Waals surface area contributed by atoms with Crippen molar-refractivity contribution in [2.45, 2.75) is 57.7 Å². The predicted octanol–water partition coefficient (Wildman–Crippen LogP) is 5.55. The molecule has 11 nitrogen and oxygen atoms in total. The summed E-state index contributed by atoms with van der Waals surface area (Å²) in [7, 11) is 0. The Bertz CT molecular complexity index is 2200. The van der Waals surface area contributed by atoms with E-state index in [1.165, 1.54) is 24.3 Å². The third-order valence-corrected chi connectivity index (χ3v) is 9.33. The average Bonchev–Trinajstić information content (AvgIpc) is 3.81. The molecule has 3 aliphatic rings. The number of aromatic amines is 1. The molecule has 8 rings (SSSR count). The molecule has 1 N–H and O–H groups in total. The Morgan fingerprint density at radius 3 is 2.49 bits per heavy atom. The van der Waals surface area contributed by atoms with Crippen molar-refractivity contribution >= 4 is 17.5 Å². The third kappa shape index (κ3) is 5.25. The summed E-state index contributed by atoms with van der Waals surface area (Å²) in [5.74, 6) is -1.72. The van der Waals surface area contributed by atoms with Crippen LogP contribution < -0.4 is 15.4 Å². The summed E-state index contributed by atoms with van der Waals surface area (Å²) in [4.78, 5) is 52.6. The first kappa shape index (κ1) is 30.6. The highest BCUT2D eigenvalue weighted by Crippen LogP contribution is 2.49. The number of rotatable bonds is 7. The van der Waals surface area contributed by atoms with E-state index in [4.69, 9.17) is 14.1 Å². The summed E-state index contributed by atoms with van der Waals surface area (Å²) >= 11 is 0. The van der Waals surface area contributed by atoms with E-state index in [1.807, 2.05) is 4.90 Å². The molecule has 3 aliphatic heterocycles. The summed E-state index contributed by atoms with van der Waals surface area (Å²) in [5, 5.41) is 6.51. The molecular weight excluding hydrogens is 634 g/mol. The summed E-state index contributed by atoms with van der Waals surface area (Å²) in [5.41, 5.74) is 3.62. The van der Waals surface area contributed by atoms with Gasteiger partial charge in [0.25, 0.3) is 17.7 Å². The average molecular weight is 665 g/mol. The zero-order valence-electron chi connectivity index (χ0n) is 26.6. The molecule has 0 aliphatic carbocycles. The zero-order chi connectivity index (χ0) is 34.0.